The van der Waals surface area contributed by atoms with Crippen LogP contribution >= 0.6 is 0 Å². The van der Waals surface area contributed by atoms with Gasteiger partial charge in [-0.05, 0) is 55.7 Å². The summed E-state index contributed by atoms with van der Waals surface area (Å²) in [6.07, 6.45) is 6.75. The fraction of sp³-hybridized carbons (Fsp3) is 0.480. The van der Waals surface area contributed by atoms with Gasteiger partial charge >= 0.3 is 0 Å². The highest BCUT2D eigenvalue weighted by atomic mass is 16.2. The Morgan fingerprint density at radius 1 is 1.10 bits per heavy atom. The SMILES string of the molecule is Cc1ccc(CCC(=O)N2CCC3(CC2)C[C@H]3C(=O)NCCc2ccccn2)cc1. The third kappa shape index (κ3) is 4.89. The minimum Gasteiger partial charge on any atom is -0.355 e. The van der Waals surface area contributed by atoms with Gasteiger partial charge in [-0.2, -0.15) is 0 Å². The number of aryl methyl sites for hydroxylation is 2. The zero-order valence-corrected chi connectivity index (χ0v) is 17.8. The Bertz CT molecular complexity index is 871. The summed E-state index contributed by atoms with van der Waals surface area (Å²) in [6.45, 7) is 4.27. The van der Waals surface area contributed by atoms with E-state index >= 15 is 0 Å². The van der Waals surface area contributed by atoms with Gasteiger partial charge in [0.2, 0.25) is 11.8 Å². The van der Waals surface area contributed by atoms with Crippen molar-refractivity contribution in [3.05, 3.63) is 65.5 Å². The number of hydrogen-bond acceptors (Lipinski definition) is 3. The van der Waals surface area contributed by atoms with Crippen molar-refractivity contribution in [2.75, 3.05) is 19.6 Å². The van der Waals surface area contributed by atoms with Crippen molar-refractivity contribution in [1.29, 1.82) is 0 Å². The molecule has 158 valence electrons. The van der Waals surface area contributed by atoms with Gasteiger partial charge in [-0.1, -0.05) is 35.9 Å². The molecule has 1 aliphatic carbocycles. The van der Waals surface area contributed by atoms with E-state index in [1.807, 2.05) is 23.1 Å². The molecule has 0 radical (unpaired) electrons. The van der Waals surface area contributed by atoms with Crippen molar-refractivity contribution < 1.29 is 9.59 Å². The first-order valence-electron chi connectivity index (χ1n) is 11.1. The molecule has 1 aromatic heterocycles. The van der Waals surface area contributed by atoms with Crippen LogP contribution in [0.15, 0.2) is 48.7 Å². The zero-order valence-electron chi connectivity index (χ0n) is 17.8. The number of rotatable bonds is 7. The van der Waals surface area contributed by atoms with Crippen molar-refractivity contribution in [1.82, 2.24) is 15.2 Å². The number of benzene rings is 1. The fourth-order valence-corrected chi connectivity index (χ4v) is 4.62. The first-order chi connectivity index (χ1) is 14.6. The standard InChI is InChI=1S/C25H31N3O2/c1-19-5-7-20(8-6-19)9-10-23(29)28-16-12-25(13-17-28)18-22(25)24(30)27-15-11-21-4-2-3-14-26-21/h2-8,14,22H,9-13,15-18H2,1H3,(H,27,30)/t22-/m0/s1. The number of piperidine rings is 1. The predicted molar refractivity (Wildman–Crippen MR) is 117 cm³/mol. The van der Waals surface area contributed by atoms with Crippen molar-refractivity contribution in [2.45, 2.75) is 45.4 Å². The highest BCUT2D eigenvalue weighted by Crippen LogP contribution is 2.59. The molecule has 2 fully saturated rings. The van der Waals surface area contributed by atoms with Crippen molar-refractivity contribution in [3.63, 3.8) is 0 Å². The normalized spacial score (nSPS) is 19.5. The summed E-state index contributed by atoms with van der Waals surface area (Å²) in [6, 6.07) is 14.3. The van der Waals surface area contributed by atoms with Gasteiger partial charge in [0.25, 0.3) is 0 Å². The molecule has 0 unspecified atom stereocenters. The first-order valence-corrected chi connectivity index (χ1v) is 11.1. The Balaban J connectivity index is 1.17. The van der Waals surface area contributed by atoms with E-state index in [2.05, 4.69) is 41.5 Å². The molecule has 5 nitrogen and oxygen atoms in total. The maximum atomic E-state index is 12.6. The minimum absolute atomic E-state index is 0.117. The Morgan fingerprint density at radius 3 is 2.57 bits per heavy atom. The summed E-state index contributed by atoms with van der Waals surface area (Å²) in [5, 5.41) is 3.08. The lowest BCUT2D eigenvalue weighted by atomic mass is 9.90. The first kappa shape index (κ1) is 20.6. The molecule has 2 heterocycles. The number of aromatic nitrogens is 1. The molecule has 2 amide bonds. The topological polar surface area (TPSA) is 62.3 Å². The third-order valence-electron chi connectivity index (χ3n) is 6.77. The second-order valence-corrected chi connectivity index (χ2v) is 8.85. The van der Waals surface area contributed by atoms with Crippen LogP contribution in [0.2, 0.25) is 0 Å². The highest BCUT2D eigenvalue weighted by molar-refractivity contribution is 5.83. The largest absolute Gasteiger partial charge is 0.355 e. The smallest absolute Gasteiger partial charge is 0.223 e. The molecule has 1 atom stereocenters. The van der Waals surface area contributed by atoms with E-state index in [9.17, 15) is 9.59 Å². The van der Waals surface area contributed by atoms with Gasteiger partial charge in [-0.15, -0.1) is 0 Å². The van der Waals surface area contributed by atoms with E-state index < -0.39 is 0 Å². The number of hydrogen-bond donors (Lipinski definition) is 1. The van der Waals surface area contributed by atoms with E-state index in [0.717, 1.165) is 50.9 Å². The van der Waals surface area contributed by atoms with E-state index in [4.69, 9.17) is 0 Å². The molecule has 2 aliphatic rings. The maximum Gasteiger partial charge on any atom is 0.223 e. The van der Waals surface area contributed by atoms with Gasteiger partial charge in [-0.3, -0.25) is 14.6 Å². The van der Waals surface area contributed by atoms with Crippen LogP contribution in [-0.2, 0) is 22.4 Å². The lowest BCUT2D eigenvalue weighted by molar-refractivity contribution is -0.132. The predicted octanol–water partition coefficient (Wildman–Crippen LogP) is 3.31. The average Bonchev–Trinajstić information content (AvgIpc) is 3.47. The van der Waals surface area contributed by atoms with Gasteiger partial charge in [-0.25, -0.2) is 0 Å². The van der Waals surface area contributed by atoms with Crippen LogP contribution in [0, 0.1) is 18.3 Å². The maximum absolute atomic E-state index is 12.6. The number of likely N-dealkylation sites (tertiary alicyclic amines) is 1. The van der Waals surface area contributed by atoms with Crippen molar-refractivity contribution in [2.24, 2.45) is 11.3 Å². The fourth-order valence-electron chi connectivity index (χ4n) is 4.62. The van der Waals surface area contributed by atoms with Crippen molar-refractivity contribution in [3.8, 4) is 0 Å². The highest BCUT2D eigenvalue weighted by Gasteiger charge is 2.58. The van der Waals surface area contributed by atoms with E-state index in [-0.39, 0.29) is 23.1 Å². The molecule has 0 bridgehead atoms. The van der Waals surface area contributed by atoms with Crippen LogP contribution in [0.4, 0.5) is 0 Å². The molecule has 1 saturated carbocycles. The van der Waals surface area contributed by atoms with Gasteiger partial charge in [0.15, 0.2) is 0 Å². The van der Waals surface area contributed by atoms with Crippen LogP contribution in [0.5, 0.6) is 0 Å². The lowest BCUT2D eigenvalue weighted by Crippen LogP contribution is -2.40. The summed E-state index contributed by atoms with van der Waals surface area (Å²) in [4.78, 5) is 31.4. The molecule has 1 spiro atoms. The van der Waals surface area contributed by atoms with Crippen LogP contribution in [0.1, 0.15) is 42.5 Å². The number of nitrogens with one attached hydrogen (secondary N) is 1. The Labute approximate surface area is 178 Å². The third-order valence-corrected chi connectivity index (χ3v) is 6.77. The summed E-state index contributed by atoms with van der Waals surface area (Å²) < 4.78 is 0. The Morgan fingerprint density at radius 2 is 1.87 bits per heavy atom. The number of carbonyl (C=O) groups is 2. The van der Waals surface area contributed by atoms with Gasteiger partial charge in [0.1, 0.15) is 0 Å². The second-order valence-electron chi connectivity index (χ2n) is 8.85. The molecule has 1 aromatic carbocycles. The molecular formula is C25H31N3O2. The van der Waals surface area contributed by atoms with Gasteiger partial charge in [0.05, 0.1) is 0 Å². The lowest BCUT2D eigenvalue weighted by Gasteiger charge is -2.33. The van der Waals surface area contributed by atoms with Crippen LogP contribution < -0.4 is 5.32 Å². The average molecular weight is 406 g/mol. The van der Waals surface area contributed by atoms with E-state index in [1.54, 1.807) is 6.20 Å². The van der Waals surface area contributed by atoms with Crippen LogP contribution in [0.25, 0.3) is 0 Å². The molecule has 4 rings (SSSR count). The molecule has 30 heavy (non-hydrogen) atoms. The van der Waals surface area contributed by atoms with Crippen LogP contribution in [-0.4, -0.2) is 41.3 Å². The summed E-state index contributed by atoms with van der Waals surface area (Å²) in [5.41, 5.74) is 3.59. The van der Waals surface area contributed by atoms with Gasteiger partial charge in [0, 0.05) is 50.3 Å². The molecule has 5 heteroatoms. The quantitative estimate of drug-likeness (QED) is 0.769. The van der Waals surface area contributed by atoms with E-state index in [0.29, 0.717) is 13.0 Å². The molecule has 1 N–H and O–H groups in total. The Kier molecular flexibility index (Phi) is 6.16. The summed E-state index contributed by atoms with van der Waals surface area (Å²) >= 11 is 0. The van der Waals surface area contributed by atoms with Gasteiger partial charge < -0.3 is 10.2 Å². The molecule has 1 aliphatic heterocycles. The number of carbonyl (C=O) groups excluding carboxylic acids is 2. The number of pyridine rings is 1. The number of amides is 2. The Hall–Kier alpha value is -2.69. The summed E-state index contributed by atoms with van der Waals surface area (Å²) in [7, 11) is 0. The second kappa shape index (κ2) is 8.99. The van der Waals surface area contributed by atoms with E-state index in [1.165, 1.54) is 11.1 Å². The monoisotopic (exact) mass is 405 g/mol. The number of nitrogens with zero attached hydrogens (tertiary/aromatic N) is 2. The molecular weight excluding hydrogens is 374 g/mol. The van der Waals surface area contributed by atoms with Crippen molar-refractivity contribution >= 4 is 11.8 Å². The molecule has 2 aromatic rings. The van der Waals surface area contributed by atoms with Crippen LogP contribution in [0.3, 0.4) is 0 Å². The minimum atomic E-state index is 0.117. The summed E-state index contributed by atoms with van der Waals surface area (Å²) in [5.74, 6) is 0.526. The molecule has 1 saturated heterocycles. The zero-order chi connectivity index (χ0) is 21.0.